The highest BCUT2D eigenvalue weighted by atomic mass is 32.2. The van der Waals surface area contributed by atoms with E-state index < -0.39 is 15.9 Å². The van der Waals surface area contributed by atoms with Crippen molar-refractivity contribution in [2.75, 3.05) is 27.3 Å². The van der Waals surface area contributed by atoms with Gasteiger partial charge in [-0.05, 0) is 31.0 Å². The molecule has 7 nitrogen and oxygen atoms in total. The van der Waals surface area contributed by atoms with Gasteiger partial charge in [-0.25, -0.2) is 13.1 Å². The van der Waals surface area contributed by atoms with Crippen LogP contribution in [-0.2, 0) is 14.8 Å². The van der Waals surface area contributed by atoms with Crippen LogP contribution in [0.4, 0.5) is 0 Å². The van der Waals surface area contributed by atoms with Gasteiger partial charge in [-0.2, -0.15) is 0 Å². The number of benzene rings is 1. The van der Waals surface area contributed by atoms with Crippen molar-refractivity contribution in [3.63, 3.8) is 0 Å². The third-order valence-electron chi connectivity index (χ3n) is 3.48. The van der Waals surface area contributed by atoms with Crippen LogP contribution >= 0.6 is 0 Å². The van der Waals surface area contributed by atoms with Crippen molar-refractivity contribution in [1.82, 2.24) is 10.0 Å². The van der Waals surface area contributed by atoms with Gasteiger partial charge in [0.05, 0.1) is 23.7 Å². The molecule has 0 aromatic heterocycles. The van der Waals surface area contributed by atoms with Crippen LogP contribution in [-0.4, -0.2) is 47.7 Å². The van der Waals surface area contributed by atoms with Crippen LogP contribution < -0.4 is 14.8 Å². The van der Waals surface area contributed by atoms with E-state index in [-0.39, 0.29) is 23.1 Å². The second-order valence-corrected chi connectivity index (χ2v) is 6.70. The molecule has 1 heterocycles. The molecule has 122 valence electrons. The average Bonchev–Trinajstić information content (AvgIpc) is 3.05. The number of sulfonamides is 1. The first-order chi connectivity index (χ1) is 10.5. The quantitative estimate of drug-likeness (QED) is 0.794. The standard InChI is InChI=1S/C14H20N2O5S/c1-15-14(17)12-8-11(5-6-13(12)20-2)22(18,19)16-9-10-4-3-7-21-10/h5-6,8,10,16H,3-4,7,9H2,1-2H3,(H,15,17)/t10-/m0/s1. The number of hydrogen-bond acceptors (Lipinski definition) is 5. The molecule has 2 rings (SSSR count). The van der Waals surface area contributed by atoms with Crippen molar-refractivity contribution >= 4 is 15.9 Å². The first-order valence-corrected chi connectivity index (χ1v) is 8.47. The van der Waals surface area contributed by atoms with Crippen molar-refractivity contribution in [2.24, 2.45) is 0 Å². The number of carbonyl (C=O) groups is 1. The molecule has 22 heavy (non-hydrogen) atoms. The van der Waals surface area contributed by atoms with E-state index in [1.165, 1.54) is 32.4 Å². The predicted molar refractivity (Wildman–Crippen MR) is 80.5 cm³/mol. The highest BCUT2D eigenvalue weighted by Gasteiger charge is 2.22. The van der Waals surface area contributed by atoms with Crippen LogP contribution in [0.1, 0.15) is 23.2 Å². The van der Waals surface area contributed by atoms with Gasteiger partial charge in [0.2, 0.25) is 10.0 Å². The Bertz CT molecular complexity index is 639. The molecule has 2 N–H and O–H groups in total. The molecule has 0 radical (unpaired) electrons. The Balaban J connectivity index is 2.20. The van der Waals surface area contributed by atoms with Gasteiger partial charge >= 0.3 is 0 Å². The number of amides is 1. The highest BCUT2D eigenvalue weighted by molar-refractivity contribution is 7.89. The fourth-order valence-corrected chi connectivity index (χ4v) is 3.35. The molecule has 1 fully saturated rings. The summed E-state index contributed by atoms with van der Waals surface area (Å²) in [6, 6.07) is 4.17. The van der Waals surface area contributed by atoms with Crippen LogP contribution in [0.25, 0.3) is 0 Å². The summed E-state index contributed by atoms with van der Waals surface area (Å²) in [6.45, 7) is 0.888. The zero-order valence-electron chi connectivity index (χ0n) is 12.6. The first kappa shape index (κ1) is 16.7. The van der Waals surface area contributed by atoms with Crippen molar-refractivity contribution in [1.29, 1.82) is 0 Å². The van der Waals surface area contributed by atoms with E-state index in [1.807, 2.05) is 0 Å². The second-order valence-electron chi connectivity index (χ2n) is 4.93. The first-order valence-electron chi connectivity index (χ1n) is 6.99. The predicted octanol–water partition coefficient (Wildman–Crippen LogP) is 0.512. The lowest BCUT2D eigenvalue weighted by Crippen LogP contribution is -2.32. The summed E-state index contributed by atoms with van der Waals surface area (Å²) in [5.74, 6) is -0.0922. The maximum Gasteiger partial charge on any atom is 0.254 e. The molecule has 1 saturated heterocycles. The molecular formula is C14H20N2O5S. The van der Waals surface area contributed by atoms with Crippen molar-refractivity contribution < 1.29 is 22.7 Å². The summed E-state index contributed by atoms with van der Waals surface area (Å²) in [5, 5.41) is 2.46. The Labute approximate surface area is 130 Å². The fourth-order valence-electron chi connectivity index (χ4n) is 2.26. The number of ether oxygens (including phenoxy) is 2. The topological polar surface area (TPSA) is 93.7 Å². The summed E-state index contributed by atoms with van der Waals surface area (Å²) in [6.07, 6.45) is 1.69. The summed E-state index contributed by atoms with van der Waals surface area (Å²) in [5.41, 5.74) is 0.171. The lowest BCUT2D eigenvalue weighted by Gasteiger charge is -2.13. The van der Waals surface area contributed by atoms with Gasteiger partial charge in [-0.1, -0.05) is 0 Å². The zero-order chi connectivity index (χ0) is 16.2. The normalized spacial score (nSPS) is 18.2. The van der Waals surface area contributed by atoms with Crippen LogP contribution in [0.5, 0.6) is 5.75 Å². The average molecular weight is 328 g/mol. The number of rotatable bonds is 6. The zero-order valence-corrected chi connectivity index (χ0v) is 13.4. The Morgan fingerprint density at radius 1 is 1.45 bits per heavy atom. The van der Waals surface area contributed by atoms with Gasteiger partial charge in [0.1, 0.15) is 5.75 Å². The molecule has 0 spiro atoms. The molecule has 1 aliphatic heterocycles. The Morgan fingerprint density at radius 3 is 2.82 bits per heavy atom. The van der Waals surface area contributed by atoms with E-state index in [2.05, 4.69) is 10.0 Å². The molecule has 1 atom stereocenters. The molecular weight excluding hydrogens is 308 g/mol. The minimum atomic E-state index is -3.70. The lowest BCUT2D eigenvalue weighted by atomic mass is 10.2. The molecule has 1 amide bonds. The van der Waals surface area contributed by atoms with E-state index in [0.29, 0.717) is 12.4 Å². The molecule has 1 aromatic carbocycles. The van der Waals surface area contributed by atoms with Gasteiger partial charge in [-0.15, -0.1) is 0 Å². The van der Waals surface area contributed by atoms with E-state index in [1.54, 1.807) is 0 Å². The third kappa shape index (κ3) is 3.76. The van der Waals surface area contributed by atoms with E-state index in [4.69, 9.17) is 9.47 Å². The Morgan fingerprint density at radius 2 is 2.23 bits per heavy atom. The van der Waals surface area contributed by atoms with Gasteiger partial charge in [0, 0.05) is 20.2 Å². The summed E-state index contributed by atoms with van der Waals surface area (Å²) < 4.78 is 37.6. The smallest absolute Gasteiger partial charge is 0.254 e. The van der Waals surface area contributed by atoms with Gasteiger partial charge in [0.15, 0.2) is 0 Å². The molecule has 0 unspecified atom stereocenters. The van der Waals surface area contributed by atoms with E-state index in [9.17, 15) is 13.2 Å². The maximum absolute atomic E-state index is 12.3. The van der Waals surface area contributed by atoms with Gasteiger partial charge in [-0.3, -0.25) is 4.79 Å². The van der Waals surface area contributed by atoms with E-state index >= 15 is 0 Å². The number of methoxy groups -OCH3 is 1. The lowest BCUT2D eigenvalue weighted by molar-refractivity contribution is 0.0959. The summed E-state index contributed by atoms with van der Waals surface area (Å²) >= 11 is 0. The van der Waals surface area contributed by atoms with Crippen molar-refractivity contribution in [3.8, 4) is 5.75 Å². The molecule has 1 aliphatic rings. The number of hydrogen-bond donors (Lipinski definition) is 2. The minimum Gasteiger partial charge on any atom is -0.496 e. The SMILES string of the molecule is CNC(=O)c1cc(S(=O)(=O)NC[C@@H]2CCCO2)ccc1OC. The summed E-state index contributed by atoms with van der Waals surface area (Å²) in [4.78, 5) is 11.8. The second kappa shape index (κ2) is 7.08. The molecule has 0 bridgehead atoms. The molecule has 1 aromatic rings. The van der Waals surface area contributed by atoms with Crippen LogP contribution in [0.15, 0.2) is 23.1 Å². The monoisotopic (exact) mass is 328 g/mol. The van der Waals surface area contributed by atoms with Crippen LogP contribution in [0.2, 0.25) is 0 Å². The van der Waals surface area contributed by atoms with Crippen molar-refractivity contribution in [2.45, 2.75) is 23.8 Å². The van der Waals surface area contributed by atoms with Gasteiger partial charge in [0.25, 0.3) is 5.91 Å². The molecule has 0 aliphatic carbocycles. The van der Waals surface area contributed by atoms with E-state index in [0.717, 1.165) is 12.8 Å². The number of carbonyl (C=O) groups excluding carboxylic acids is 1. The highest BCUT2D eigenvalue weighted by Crippen LogP contribution is 2.22. The largest absolute Gasteiger partial charge is 0.496 e. The van der Waals surface area contributed by atoms with Gasteiger partial charge < -0.3 is 14.8 Å². The third-order valence-corrected chi connectivity index (χ3v) is 4.90. The molecule has 0 saturated carbocycles. The number of nitrogens with one attached hydrogen (secondary N) is 2. The van der Waals surface area contributed by atoms with Crippen LogP contribution in [0.3, 0.4) is 0 Å². The van der Waals surface area contributed by atoms with Crippen LogP contribution in [0, 0.1) is 0 Å². The Hall–Kier alpha value is -1.64. The molecule has 8 heteroatoms. The minimum absolute atomic E-state index is 0.0184. The Kier molecular flexibility index (Phi) is 5.38. The fraction of sp³-hybridized carbons (Fsp3) is 0.500. The summed E-state index contributed by atoms with van der Waals surface area (Å²) in [7, 11) is -0.809. The maximum atomic E-state index is 12.3. The van der Waals surface area contributed by atoms with Crippen molar-refractivity contribution in [3.05, 3.63) is 23.8 Å².